The van der Waals surface area contributed by atoms with E-state index >= 15 is 0 Å². The molecule has 1 saturated carbocycles. The molecule has 2 heterocycles. The Kier molecular flexibility index (Phi) is 1.68. The molecule has 2 fully saturated rings. The van der Waals surface area contributed by atoms with E-state index in [0.717, 1.165) is 19.3 Å². The standard InChI is InChI=1S/C10H11N3O2/c14-8-6-1-2-7(5-6)9(15)13(8)10-11-3-4-12-10/h3-4,6-7H,1-2,5H2,(H,11,12). The van der Waals surface area contributed by atoms with Gasteiger partial charge in [-0.15, -0.1) is 0 Å². The molecule has 2 unspecified atom stereocenters. The van der Waals surface area contributed by atoms with Gasteiger partial charge in [-0.2, -0.15) is 0 Å². The largest absolute Gasteiger partial charge is 0.330 e. The van der Waals surface area contributed by atoms with Crippen LogP contribution in [0.15, 0.2) is 12.4 Å². The molecule has 1 N–H and O–H groups in total. The van der Waals surface area contributed by atoms with Crippen molar-refractivity contribution >= 4 is 17.8 Å². The smallest absolute Gasteiger partial charge is 0.239 e. The highest BCUT2D eigenvalue weighted by Crippen LogP contribution is 2.39. The molecule has 15 heavy (non-hydrogen) atoms. The summed E-state index contributed by atoms with van der Waals surface area (Å²) in [5.74, 6) is 0.226. The highest BCUT2D eigenvalue weighted by atomic mass is 16.2. The van der Waals surface area contributed by atoms with Crippen molar-refractivity contribution in [2.45, 2.75) is 19.3 Å². The summed E-state index contributed by atoms with van der Waals surface area (Å²) in [5, 5.41) is 0. The first-order valence-corrected chi connectivity index (χ1v) is 5.14. The van der Waals surface area contributed by atoms with Gasteiger partial charge in [0.25, 0.3) is 0 Å². The molecule has 1 saturated heterocycles. The Hall–Kier alpha value is -1.65. The monoisotopic (exact) mass is 205 g/mol. The Morgan fingerprint density at radius 2 is 1.93 bits per heavy atom. The maximum absolute atomic E-state index is 11.9. The number of hydrogen-bond donors (Lipinski definition) is 1. The van der Waals surface area contributed by atoms with E-state index in [9.17, 15) is 9.59 Å². The van der Waals surface area contributed by atoms with Crippen molar-refractivity contribution in [3.8, 4) is 0 Å². The summed E-state index contributed by atoms with van der Waals surface area (Å²) in [4.78, 5) is 31.9. The first-order chi connectivity index (χ1) is 7.27. The topological polar surface area (TPSA) is 66.1 Å². The number of imide groups is 1. The SMILES string of the molecule is O=C1C2CCC(C2)C(=O)N1c1ncc[nH]1. The lowest BCUT2D eigenvalue weighted by atomic mass is 9.97. The van der Waals surface area contributed by atoms with Crippen LogP contribution in [-0.2, 0) is 9.59 Å². The fraction of sp³-hybridized carbons (Fsp3) is 0.500. The number of carbonyl (C=O) groups excluding carboxylic acids is 2. The van der Waals surface area contributed by atoms with Crippen LogP contribution < -0.4 is 4.90 Å². The van der Waals surface area contributed by atoms with Crippen LogP contribution >= 0.6 is 0 Å². The van der Waals surface area contributed by atoms with Crippen LogP contribution in [0.3, 0.4) is 0 Å². The maximum atomic E-state index is 11.9. The second-order valence-electron chi connectivity index (χ2n) is 4.13. The number of rotatable bonds is 1. The van der Waals surface area contributed by atoms with Gasteiger partial charge in [-0.3, -0.25) is 9.59 Å². The Labute approximate surface area is 86.5 Å². The average molecular weight is 205 g/mol. The number of piperidine rings is 1. The highest BCUT2D eigenvalue weighted by molar-refractivity contribution is 6.17. The van der Waals surface area contributed by atoms with E-state index in [-0.39, 0.29) is 23.7 Å². The zero-order valence-corrected chi connectivity index (χ0v) is 8.14. The van der Waals surface area contributed by atoms with Gasteiger partial charge in [0.15, 0.2) is 0 Å². The van der Waals surface area contributed by atoms with Crippen molar-refractivity contribution in [2.75, 3.05) is 4.90 Å². The van der Waals surface area contributed by atoms with Crippen molar-refractivity contribution in [1.82, 2.24) is 9.97 Å². The zero-order valence-electron chi connectivity index (χ0n) is 8.14. The first-order valence-electron chi connectivity index (χ1n) is 5.14. The molecule has 2 amide bonds. The van der Waals surface area contributed by atoms with Gasteiger partial charge in [-0.1, -0.05) is 0 Å². The molecule has 0 aromatic carbocycles. The lowest BCUT2D eigenvalue weighted by molar-refractivity contribution is -0.133. The van der Waals surface area contributed by atoms with Gasteiger partial charge in [0.2, 0.25) is 17.8 Å². The summed E-state index contributed by atoms with van der Waals surface area (Å²) in [6.45, 7) is 0. The zero-order chi connectivity index (χ0) is 10.4. The van der Waals surface area contributed by atoms with Gasteiger partial charge in [0, 0.05) is 24.2 Å². The Morgan fingerprint density at radius 3 is 2.47 bits per heavy atom. The molecular weight excluding hydrogens is 194 g/mol. The number of carbonyl (C=O) groups is 2. The maximum Gasteiger partial charge on any atom is 0.239 e. The minimum Gasteiger partial charge on any atom is -0.330 e. The van der Waals surface area contributed by atoms with Crippen molar-refractivity contribution < 1.29 is 9.59 Å². The summed E-state index contributed by atoms with van der Waals surface area (Å²) in [6.07, 6.45) is 5.58. The minimum atomic E-state index is -0.0938. The van der Waals surface area contributed by atoms with Crippen LogP contribution in [0.4, 0.5) is 5.95 Å². The van der Waals surface area contributed by atoms with Gasteiger partial charge in [0.05, 0.1) is 0 Å². The molecule has 2 bridgehead atoms. The van der Waals surface area contributed by atoms with Gasteiger partial charge < -0.3 is 4.98 Å². The first kappa shape index (κ1) is 8.64. The third kappa shape index (κ3) is 1.12. The predicted octanol–water partition coefficient (Wildman–Crippen LogP) is 0.699. The van der Waals surface area contributed by atoms with Gasteiger partial charge in [-0.25, -0.2) is 9.88 Å². The molecule has 1 aliphatic heterocycles. The van der Waals surface area contributed by atoms with E-state index in [4.69, 9.17) is 0 Å². The summed E-state index contributed by atoms with van der Waals surface area (Å²) >= 11 is 0. The van der Waals surface area contributed by atoms with E-state index in [1.54, 1.807) is 12.4 Å². The minimum absolute atomic E-state index is 0.0257. The number of nitrogens with zero attached hydrogens (tertiary/aromatic N) is 2. The predicted molar refractivity (Wildman–Crippen MR) is 51.9 cm³/mol. The number of anilines is 1. The number of imidazole rings is 1. The molecule has 5 nitrogen and oxygen atoms in total. The molecule has 78 valence electrons. The lowest BCUT2D eigenvalue weighted by Crippen LogP contribution is -2.47. The fourth-order valence-electron chi connectivity index (χ4n) is 2.49. The summed E-state index contributed by atoms with van der Waals surface area (Å²) < 4.78 is 0. The van der Waals surface area contributed by atoms with Gasteiger partial charge in [0.1, 0.15) is 0 Å². The van der Waals surface area contributed by atoms with E-state index in [1.165, 1.54) is 4.90 Å². The van der Waals surface area contributed by atoms with Crippen LogP contribution in [0.2, 0.25) is 0 Å². The third-order valence-electron chi connectivity index (χ3n) is 3.27. The molecule has 0 radical (unpaired) electrons. The second-order valence-corrected chi connectivity index (χ2v) is 4.13. The molecule has 1 aromatic rings. The number of nitrogens with one attached hydrogen (secondary N) is 1. The molecule has 1 aromatic heterocycles. The number of hydrogen-bond acceptors (Lipinski definition) is 3. The number of amides is 2. The van der Waals surface area contributed by atoms with Gasteiger partial charge in [-0.05, 0) is 19.3 Å². The molecule has 1 aliphatic carbocycles. The number of aromatic nitrogens is 2. The average Bonchev–Trinajstić information content (AvgIpc) is 2.86. The normalized spacial score (nSPS) is 30.0. The molecule has 3 rings (SSSR count). The number of H-pyrrole nitrogens is 1. The Morgan fingerprint density at radius 1 is 1.27 bits per heavy atom. The van der Waals surface area contributed by atoms with E-state index < -0.39 is 0 Å². The highest BCUT2D eigenvalue weighted by Gasteiger charge is 2.46. The Bertz CT molecular complexity index is 390. The molecular formula is C10H11N3O2. The van der Waals surface area contributed by atoms with Crippen LogP contribution in [0, 0.1) is 11.8 Å². The fourth-order valence-corrected chi connectivity index (χ4v) is 2.49. The molecule has 5 heteroatoms. The quantitative estimate of drug-likeness (QED) is 0.686. The summed E-state index contributed by atoms with van der Waals surface area (Å²) in [7, 11) is 0. The second kappa shape index (κ2) is 2.92. The summed E-state index contributed by atoms with van der Waals surface area (Å²) in [6, 6.07) is 0. The molecule has 0 spiro atoms. The van der Waals surface area contributed by atoms with Crippen LogP contribution in [0.5, 0.6) is 0 Å². The van der Waals surface area contributed by atoms with Gasteiger partial charge >= 0.3 is 0 Å². The van der Waals surface area contributed by atoms with Crippen molar-refractivity contribution in [2.24, 2.45) is 11.8 Å². The summed E-state index contributed by atoms with van der Waals surface area (Å²) in [5.41, 5.74) is 0. The van der Waals surface area contributed by atoms with Crippen LogP contribution in [0.1, 0.15) is 19.3 Å². The van der Waals surface area contributed by atoms with Crippen molar-refractivity contribution in [1.29, 1.82) is 0 Å². The van der Waals surface area contributed by atoms with E-state index in [0.29, 0.717) is 5.95 Å². The van der Waals surface area contributed by atoms with Crippen LogP contribution in [0.25, 0.3) is 0 Å². The molecule has 2 atom stereocenters. The van der Waals surface area contributed by atoms with Crippen LogP contribution in [-0.4, -0.2) is 21.8 Å². The lowest BCUT2D eigenvalue weighted by Gasteiger charge is -2.27. The third-order valence-corrected chi connectivity index (χ3v) is 3.27. The number of aromatic amines is 1. The van der Waals surface area contributed by atoms with Crippen molar-refractivity contribution in [3.05, 3.63) is 12.4 Å². The Balaban J connectivity index is 2.01. The molecule has 2 aliphatic rings. The van der Waals surface area contributed by atoms with E-state index in [2.05, 4.69) is 9.97 Å². The van der Waals surface area contributed by atoms with E-state index in [1.807, 2.05) is 0 Å². The van der Waals surface area contributed by atoms with Crippen molar-refractivity contribution in [3.63, 3.8) is 0 Å². The number of fused-ring (bicyclic) bond motifs is 2.